The fourth-order valence-corrected chi connectivity index (χ4v) is 3.31. The fourth-order valence-electron chi connectivity index (χ4n) is 3.31. The summed E-state index contributed by atoms with van der Waals surface area (Å²) in [5.74, 6) is 0.767. The van der Waals surface area contributed by atoms with Crippen LogP contribution < -0.4 is 9.64 Å². The van der Waals surface area contributed by atoms with Crippen LogP contribution in [0, 0.1) is 24.1 Å². The van der Waals surface area contributed by atoms with Gasteiger partial charge in [-0.05, 0) is 64.4 Å². The van der Waals surface area contributed by atoms with Gasteiger partial charge in [0.15, 0.2) is 11.6 Å². The largest absolute Gasteiger partial charge is 0.488 e. The third kappa shape index (κ3) is 4.86. The summed E-state index contributed by atoms with van der Waals surface area (Å²) in [4.78, 5) is 21.7. The summed E-state index contributed by atoms with van der Waals surface area (Å²) in [6.07, 6.45) is 0.164. The van der Waals surface area contributed by atoms with Crippen molar-refractivity contribution in [2.45, 2.75) is 46.8 Å². The van der Waals surface area contributed by atoms with Crippen molar-refractivity contribution in [1.82, 2.24) is 4.98 Å². The third-order valence-electron chi connectivity index (χ3n) is 4.47. The van der Waals surface area contributed by atoms with Gasteiger partial charge in [-0.3, -0.25) is 0 Å². The van der Waals surface area contributed by atoms with E-state index in [0.29, 0.717) is 5.56 Å². The highest BCUT2D eigenvalue weighted by atomic mass is 19.1. The van der Waals surface area contributed by atoms with Crippen molar-refractivity contribution in [2.75, 3.05) is 4.90 Å². The van der Waals surface area contributed by atoms with Crippen molar-refractivity contribution in [3.8, 4) is 11.8 Å². The molecule has 0 aliphatic rings. The summed E-state index contributed by atoms with van der Waals surface area (Å²) in [5.41, 5.74) is 3.31. The zero-order chi connectivity index (χ0) is 22.4. The summed E-state index contributed by atoms with van der Waals surface area (Å²) in [7, 11) is 0. The Bertz CT molecular complexity index is 1110. The van der Waals surface area contributed by atoms with E-state index in [0.717, 1.165) is 28.0 Å². The predicted octanol–water partition coefficient (Wildman–Crippen LogP) is 5.24. The van der Waals surface area contributed by atoms with Crippen LogP contribution in [0.15, 0.2) is 36.4 Å². The van der Waals surface area contributed by atoms with E-state index in [-0.39, 0.29) is 29.9 Å². The number of nitrogens with zero attached hydrogens (tertiary/aromatic N) is 2. The molecule has 1 aromatic heterocycles. The van der Waals surface area contributed by atoms with Gasteiger partial charge in [-0.25, -0.2) is 4.39 Å². The van der Waals surface area contributed by atoms with Crippen LogP contribution >= 0.6 is 0 Å². The molecular formula is C23H24FN3O3. The normalized spacial score (nSPS) is 10.4. The van der Waals surface area contributed by atoms with E-state index in [2.05, 4.69) is 29.8 Å². The van der Waals surface area contributed by atoms with Gasteiger partial charge in [0.1, 0.15) is 5.82 Å². The smallest absolute Gasteiger partial charge is 0.373 e. The van der Waals surface area contributed by atoms with Crippen LogP contribution in [-0.4, -0.2) is 23.3 Å². The molecule has 3 rings (SSSR count). The summed E-state index contributed by atoms with van der Waals surface area (Å²) in [6.45, 7) is 9.89. The minimum absolute atomic E-state index is 0.0863. The number of hydrogen-bond donors (Lipinski definition) is 1. The van der Waals surface area contributed by atoms with E-state index in [1.165, 1.54) is 6.07 Å². The number of nitriles is 1. The Morgan fingerprint density at radius 2 is 1.77 bits per heavy atom. The van der Waals surface area contributed by atoms with Crippen molar-refractivity contribution in [3.05, 3.63) is 53.3 Å². The number of hydrogen-bond acceptors (Lipinski definition) is 5. The molecule has 6 nitrogen and oxygen atoms in total. The van der Waals surface area contributed by atoms with Crippen LogP contribution in [-0.2, 0) is 9.59 Å². The van der Waals surface area contributed by atoms with Crippen molar-refractivity contribution < 1.29 is 18.7 Å². The van der Waals surface area contributed by atoms with Gasteiger partial charge >= 0.3 is 6.15 Å². The molecular weight excluding hydrogens is 385 g/mol. The van der Waals surface area contributed by atoms with Crippen LogP contribution in [0.5, 0.6) is 5.75 Å². The number of aryl methyl sites for hydroxylation is 1. The Balaban J connectivity index is 0.00000101. The first-order valence-electron chi connectivity index (χ1n) is 9.50. The predicted molar refractivity (Wildman–Crippen MR) is 112 cm³/mol. The van der Waals surface area contributed by atoms with Crippen LogP contribution in [0.25, 0.3) is 10.9 Å². The number of halogens is 1. The number of nitrogens with one attached hydrogen (secondary N) is 1. The van der Waals surface area contributed by atoms with Crippen LogP contribution in [0.3, 0.4) is 0 Å². The summed E-state index contributed by atoms with van der Waals surface area (Å²) < 4.78 is 20.1. The summed E-state index contributed by atoms with van der Waals surface area (Å²) >= 11 is 0. The molecule has 0 aliphatic heterocycles. The molecule has 7 heteroatoms. The maximum Gasteiger partial charge on any atom is 0.373 e. The number of H-pyrrole nitrogens is 1. The van der Waals surface area contributed by atoms with Gasteiger partial charge in [-0.2, -0.15) is 14.9 Å². The van der Waals surface area contributed by atoms with Gasteiger partial charge in [0.05, 0.1) is 17.7 Å². The van der Waals surface area contributed by atoms with Gasteiger partial charge in [0.2, 0.25) is 0 Å². The molecule has 0 saturated heterocycles. The van der Waals surface area contributed by atoms with Crippen molar-refractivity contribution >= 4 is 28.6 Å². The molecule has 1 heterocycles. The lowest BCUT2D eigenvalue weighted by Gasteiger charge is -2.29. The number of benzene rings is 2. The topological polar surface area (TPSA) is 86.2 Å². The second kappa shape index (κ2) is 9.73. The number of ether oxygens (including phenoxy) is 1. The lowest BCUT2D eigenvalue weighted by Crippen LogP contribution is -2.26. The first-order chi connectivity index (χ1) is 14.2. The third-order valence-corrected chi connectivity index (χ3v) is 4.47. The lowest BCUT2D eigenvalue weighted by molar-refractivity contribution is -0.191. The Morgan fingerprint density at radius 1 is 1.10 bits per heavy atom. The molecule has 0 saturated carbocycles. The second-order valence-electron chi connectivity index (χ2n) is 7.30. The molecule has 0 bridgehead atoms. The van der Waals surface area contributed by atoms with Crippen molar-refractivity contribution in [3.63, 3.8) is 0 Å². The van der Waals surface area contributed by atoms with E-state index < -0.39 is 0 Å². The first kappa shape index (κ1) is 22.7. The Labute approximate surface area is 174 Å². The van der Waals surface area contributed by atoms with E-state index in [1.807, 2.05) is 45.0 Å². The van der Waals surface area contributed by atoms with Crippen LogP contribution in [0.4, 0.5) is 15.9 Å². The standard InChI is InChI=1S/C22H24FN3O.CO2/c1-13(2)26(17-7-9-21(19(23)11-17)27-14(3)4)22-15(5)18-8-6-16(12-24)10-20(18)25-22;2-1-3/h6-11,13-14,25H,1-5H3;. The minimum Gasteiger partial charge on any atom is -0.488 e. The second-order valence-corrected chi connectivity index (χ2v) is 7.30. The van der Waals surface area contributed by atoms with E-state index in [4.69, 9.17) is 19.6 Å². The summed E-state index contributed by atoms with van der Waals surface area (Å²) in [5, 5.41) is 10.2. The molecule has 0 aliphatic carbocycles. The van der Waals surface area contributed by atoms with Crippen LogP contribution in [0.1, 0.15) is 38.8 Å². The van der Waals surface area contributed by atoms with Gasteiger partial charge in [-0.15, -0.1) is 0 Å². The first-order valence-corrected chi connectivity index (χ1v) is 9.50. The molecule has 3 aromatic rings. The zero-order valence-corrected chi connectivity index (χ0v) is 17.6. The Hall–Kier alpha value is -3.62. The number of rotatable bonds is 5. The Morgan fingerprint density at radius 3 is 2.30 bits per heavy atom. The average molecular weight is 409 g/mol. The van der Waals surface area contributed by atoms with E-state index in [1.54, 1.807) is 6.07 Å². The molecule has 156 valence electrons. The molecule has 0 radical (unpaired) electrons. The molecule has 0 spiro atoms. The number of aromatic nitrogens is 1. The molecule has 0 amide bonds. The molecule has 30 heavy (non-hydrogen) atoms. The number of anilines is 2. The van der Waals surface area contributed by atoms with Gasteiger partial charge in [0.25, 0.3) is 0 Å². The highest BCUT2D eigenvalue weighted by molar-refractivity contribution is 5.91. The van der Waals surface area contributed by atoms with Crippen molar-refractivity contribution in [1.29, 1.82) is 5.26 Å². The maximum absolute atomic E-state index is 14.6. The molecule has 0 atom stereocenters. The number of aromatic amines is 1. The van der Waals surface area contributed by atoms with Crippen LogP contribution in [0.2, 0.25) is 0 Å². The highest BCUT2D eigenvalue weighted by Crippen LogP contribution is 2.36. The molecule has 0 fully saturated rings. The number of fused-ring (bicyclic) bond motifs is 1. The molecule has 1 N–H and O–H groups in total. The van der Waals surface area contributed by atoms with Gasteiger partial charge in [0, 0.05) is 28.7 Å². The average Bonchev–Trinajstić information content (AvgIpc) is 2.99. The fraction of sp³-hybridized carbons (Fsp3) is 0.304. The maximum atomic E-state index is 14.6. The minimum atomic E-state index is -0.382. The van der Waals surface area contributed by atoms with E-state index >= 15 is 0 Å². The molecule has 0 unspecified atom stereocenters. The lowest BCUT2D eigenvalue weighted by atomic mass is 10.1. The highest BCUT2D eigenvalue weighted by Gasteiger charge is 2.20. The summed E-state index contributed by atoms with van der Waals surface area (Å²) in [6, 6.07) is 12.9. The number of carbonyl (C=O) groups excluding carboxylic acids is 2. The van der Waals surface area contributed by atoms with Crippen molar-refractivity contribution in [2.24, 2.45) is 0 Å². The monoisotopic (exact) mass is 409 g/mol. The zero-order valence-electron chi connectivity index (χ0n) is 17.6. The van der Waals surface area contributed by atoms with E-state index in [9.17, 15) is 4.39 Å². The SMILES string of the molecule is Cc1c(N(c2ccc(OC(C)C)c(F)c2)C(C)C)[nH]c2cc(C#N)ccc12.O=C=O. The van der Waals surface area contributed by atoms with Gasteiger partial charge < -0.3 is 14.6 Å². The molecule has 2 aromatic carbocycles. The Kier molecular flexibility index (Phi) is 7.35. The quantitative estimate of drug-likeness (QED) is 0.623. The van der Waals surface area contributed by atoms with Gasteiger partial charge in [-0.1, -0.05) is 6.07 Å².